The molecule has 2 N–H and O–H groups in total. The third-order valence-electron chi connectivity index (χ3n) is 4.59. The van der Waals surface area contributed by atoms with Crippen LogP contribution < -0.4 is 10.6 Å². The van der Waals surface area contributed by atoms with Gasteiger partial charge in [-0.3, -0.25) is 0 Å². The van der Waals surface area contributed by atoms with Crippen molar-refractivity contribution in [3.63, 3.8) is 0 Å². The minimum atomic E-state index is 0.504. The lowest BCUT2D eigenvalue weighted by atomic mass is 9.92. The van der Waals surface area contributed by atoms with Crippen molar-refractivity contribution in [3.05, 3.63) is 36.0 Å². The summed E-state index contributed by atoms with van der Waals surface area (Å²) in [6.07, 6.45) is 5.24. The molecule has 0 saturated carbocycles. The number of pyridine rings is 1. The molecular formula is C18H25N3. The Balaban J connectivity index is 1.89. The molecule has 0 bridgehead atoms. The highest BCUT2D eigenvalue weighted by atomic mass is 15.2. The molecule has 2 aromatic rings. The summed E-state index contributed by atoms with van der Waals surface area (Å²) in [6, 6.07) is 10.6. The van der Waals surface area contributed by atoms with E-state index in [9.17, 15) is 0 Å². The van der Waals surface area contributed by atoms with Crippen LogP contribution in [0.25, 0.3) is 10.8 Å². The SMILES string of the molecule is CCCC1CCN(c2nc(CN)cc3ccccc23)CC1. The second-order valence-corrected chi connectivity index (χ2v) is 6.08. The van der Waals surface area contributed by atoms with Crippen LogP contribution in [0.5, 0.6) is 0 Å². The third kappa shape index (κ3) is 3.03. The average molecular weight is 283 g/mol. The van der Waals surface area contributed by atoms with E-state index in [-0.39, 0.29) is 0 Å². The summed E-state index contributed by atoms with van der Waals surface area (Å²) in [7, 11) is 0. The molecule has 112 valence electrons. The minimum absolute atomic E-state index is 0.504. The largest absolute Gasteiger partial charge is 0.356 e. The lowest BCUT2D eigenvalue weighted by Crippen LogP contribution is -2.34. The Morgan fingerprint density at radius 2 is 2.00 bits per heavy atom. The summed E-state index contributed by atoms with van der Waals surface area (Å²) in [5.41, 5.74) is 6.81. The van der Waals surface area contributed by atoms with Crippen molar-refractivity contribution in [2.75, 3.05) is 18.0 Å². The van der Waals surface area contributed by atoms with Crippen molar-refractivity contribution in [1.82, 2.24) is 4.98 Å². The number of benzene rings is 1. The minimum Gasteiger partial charge on any atom is -0.356 e. The van der Waals surface area contributed by atoms with Gasteiger partial charge < -0.3 is 10.6 Å². The van der Waals surface area contributed by atoms with Gasteiger partial charge in [0.15, 0.2) is 0 Å². The molecule has 21 heavy (non-hydrogen) atoms. The molecule has 3 heteroatoms. The fraction of sp³-hybridized carbons (Fsp3) is 0.500. The van der Waals surface area contributed by atoms with Crippen LogP contribution in [0.15, 0.2) is 30.3 Å². The zero-order valence-corrected chi connectivity index (χ0v) is 12.9. The average Bonchev–Trinajstić information content (AvgIpc) is 2.55. The second-order valence-electron chi connectivity index (χ2n) is 6.08. The number of aromatic nitrogens is 1. The molecule has 0 spiro atoms. The molecule has 0 aliphatic carbocycles. The summed E-state index contributed by atoms with van der Waals surface area (Å²) in [4.78, 5) is 7.27. The first kappa shape index (κ1) is 14.3. The van der Waals surface area contributed by atoms with Gasteiger partial charge in [-0.25, -0.2) is 4.98 Å². The van der Waals surface area contributed by atoms with E-state index in [1.165, 1.54) is 36.5 Å². The number of anilines is 1. The van der Waals surface area contributed by atoms with Gasteiger partial charge in [-0.1, -0.05) is 44.0 Å². The number of fused-ring (bicyclic) bond motifs is 1. The number of nitrogens with two attached hydrogens (primary N) is 1. The van der Waals surface area contributed by atoms with Gasteiger partial charge in [0.1, 0.15) is 5.82 Å². The van der Waals surface area contributed by atoms with Crippen LogP contribution in [0.1, 0.15) is 38.3 Å². The molecule has 1 saturated heterocycles. The van der Waals surface area contributed by atoms with Gasteiger partial charge in [0.05, 0.1) is 5.69 Å². The molecule has 2 heterocycles. The van der Waals surface area contributed by atoms with Gasteiger partial charge in [-0.2, -0.15) is 0 Å². The smallest absolute Gasteiger partial charge is 0.136 e. The van der Waals surface area contributed by atoms with Gasteiger partial charge in [0.2, 0.25) is 0 Å². The van der Waals surface area contributed by atoms with Crippen LogP contribution in [-0.4, -0.2) is 18.1 Å². The van der Waals surface area contributed by atoms with Gasteiger partial charge >= 0.3 is 0 Å². The summed E-state index contributed by atoms with van der Waals surface area (Å²) < 4.78 is 0. The molecule has 1 aliphatic rings. The van der Waals surface area contributed by atoms with Gasteiger partial charge in [-0.15, -0.1) is 0 Å². The van der Waals surface area contributed by atoms with E-state index in [2.05, 4.69) is 42.2 Å². The van der Waals surface area contributed by atoms with Crippen LogP contribution in [0.3, 0.4) is 0 Å². The highest BCUT2D eigenvalue weighted by molar-refractivity contribution is 5.92. The predicted octanol–water partition coefficient (Wildman–Crippen LogP) is 3.71. The zero-order valence-electron chi connectivity index (χ0n) is 12.9. The molecule has 1 aromatic carbocycles. The quantitative estimate of drug-likeness (QED) is 0.930. The van der Waals surface area contributed by atoms with E-state index in [1.54, 1.807) is 0 Å². The Morgan fingerprint density at radius 1 is 1.24 bits per heavy atom. The highest BCUT2D eigenvalue weighted by Gasteiger charge is 2.21. The maximum Gasteiger partial charge on any atom is 0.136 e. The standard InChI is InChI=1S/C18H25N3/c1-2-5-14-8-10-21(11-9-14)18-17-7-4-3-6-15(17)12-16(13-19)20-18/h3-4,6-7,12,14H,2,5,8-11,13,19H2,1H3. The van der Waals surface area contributed by atoms with Crippen LogP contribution >= 0.6 is 0 Å². The monoisotopic (exact) mass is 283 g/mol. The van der Waals surface area contributed by atoms with E-state index in [0.29, 0.717) is 6.54 Å². The maximum atomic E-state index is 5.82. The third-order valence-corrected chi connectivity index (χ3v) is 4.59. The Morgan fingerprint density at radius 3 is 2.71 bits per heavy atom. The zero-order chi connectivity index (χ0) is 14.7. The Labute approximate surface area is 127 Å². The fourth-order valence-corrected chi connectivity index (χ4v) is 3.42. The highest BCUT2D eigenvalue weighted by Crippen LogP contribution is 2.30. The number of piperidine rings is 1. The number of hydrogen-bond donors (Lipinski definition) is 1. The van der Waals surface area contributed by atoms with E-state index in [4.69, 9.17) is 10.7 Å². The topological polar surface area (TPSA) is 42.2 Å². The van der Waals surface area contributed by atoms with Crippen LogP contribution in [-0.2, 0) is 6.54 Å². The van der Waals surface area contributed by atoms with Gasteiger partial charge in [0.25, 0.3) is 0 Å². The van der Waals surface area contributed by atoms with E-state index < -0.39 is 0 Å². The predicted molar refractivity (Wildman–Crippen MR) is 89.5 cm³/mol. The van der Waals surface area contributed by atoms with Crippen molar-refractivity contribution >= 4 is 16.6 Å². The van der Waals surface area contributed by atoms with E-state index >= 15 is 0 Å². The molecule has 0 unspecified atom stereocenters. The van der Waals surface area contributed by atoms with Gasteiger partial charge in [-0.05, 0) is 30.2 Å². The fourth-order valence-electron chi connectivity index (χ4n) is 3.42. The molecule has 1 aliphatic heterocycles. The molecule has 0 amide bonds. The van der Waals surface area contributed by atoms with Crippen LogP contribution in [0.4, 0.5) is 5.82 Å². The first-order chi connectivity index (χ1) is 10.3. The van der Waals surface area contributed by atoms with Crippen molar-refractivity contribution in [2.24, 2.45) is 11.7 Å². The molecule has 3 rings (SSSR count). The van der Waals surface area contributed by atoms with Crippen LogP contribution in [0.2, 0.25) is 0 Å². The van der Waals surface area contributed by atoms with Crippen molar-refractivity contribution in [2.45, 2.75) is 39.2 Å². The molecule has 1 fully saturated rings. The van der Waals surface area contributed by atoms with Crippen molar-refractivity contribution in [1.29, 1.82) is 0 Å². The Kier molecular flexibility index (Phi) is 4.39. The summed E-state index contributed by atoms with van der Waals surface area (Å²) in [5, 5.41) is 2.50. The number of hydrogen-bond acceptors (Lipinski definition) is 3. The molecule has 3 nitrogen and oxygen atoms in total. The summed E-state index contributed by atoms with van der Waals surface area (Å²) in [5.74, 6) is 2.03. The lowest BCUT2D eigenvalue weighted by molar-refractivity contribution is 0.377. The molecule has 0 radical (unpaired) electrons. The van der Waals surface area contributed by atoms with Crippen molar-refractivity contribution in [3.8, 4) is 0 Å². The van der Waals surface area contributed by atoms with Gasteiger partial charge in [0, 0.05) is 25.0 Å². The summed E-state index contributed by atoms with van der Waals surface area (Å²) in [6.45, 7) is 5.03. The normalized spacial score (nSPS) is 16.6. The Hall–Kier alpha value is -1.61. The molecule has 1 aromatic heterocycles. The first-order valence-corrected chi connectivity index (χ1v) is 8.15. The molecular weight excluding hydrogens is 258 g/mol. The van der Waals surface area contributed by atoms with Crippen LogP contribution in [0, 0.1) is 5.92 Å². The van der Waals surface area contributed by atoms with E-state index in [0.717, 1.165) is 30.5 Å². The number of rotatable bonds is 4. The Bertz CT molecular complexity index is 600. The molecule has 0 atom stereocenters. The summed E-state index contributed by atoms with van der Waals surface area (Å²) >= 11 is 0. The first-order valence-electron chi connectivity index (χ1n) is 8.15. The van der Waals surface area contributed by atoms with E-state index in [1.807, 2.05) is 0 Å². The van der Waals surface area contributed by atoms with Crippen molar-refractivity contribution < 1.29 is 0 Å². The lowest BCUT2D eigenvalue weighted by Gasteiger charge is -2.33. The maximum absolute atomic E-state index is 5.82. The number of nitrogens with zero attached hydrogens (tertiary/aromatic N) is 2. The second kappa shape index (κ2) is 6.44.